The van der Waals surface area contributed by atoms with Gasteiger partial charge in [0.25, 0.3) is 0 Å². The molecule has 0 atom stereocenters. The Hall–Kier alpha value is -3.85. The van der Waals surface area contributed by atoms with Gasteiger partial charge in [-0.15, -0.1) is 0 Å². The average Bonchev–Trinajstić information content (AvgIpc) is 3.24. The molecular weight excluding hydrogens is 378 g/mol. The second-order valence-corrected chi connectivity index (χ2v) is 8.62. The number of para-hydroxylation sites is 4. The fraction of sp³-hybridized carbons (Fsp3) is 0.107. The van der Waals surface area contributed by atoms with Crippen molar-refractivity contribution in [3.05, 3.63) is 115 Å². The summed E-state index contributed by atoms with van der Waals surface area (Å²) in [4.78, 5) is 6.96. The zero-order valence-corrected chi connectivity index (χ0v) is 17.7. The Labute approximate surface area is 182 Å². The molecule has 0 N–H and O–H groups in total. The Morgan fingerprint density at radius 2 is 1.26 bits per heavy atom. The lowest BCUT2D eigenvalue weighted by molar-refractivity contribution is 0.632. The summed E-state index contributed by atoms with van der Waals surface area (Å²) < 4.78 is 2.16. The van der Waals surface area contributed by atoms with Crippen molar-refractivity contribution in [3.63, 3.8) is 0 Å². The van der Waals surface area contributed by atoms with Crippen molar-refractivity contribution in [2.24, 2.45) is 0 Å². The maximum absolute atomic E-state index is 4.58. The zero-order chi connectivity index (χ0) is 21.0. The summed E-state index contributed by atoms with van der Waals surface area (Å²) in [6.45, 7) is 4.63. The number of hydrogen-bond donors (Lipinski definition) is 0. The lowest BCUT2D eigenvalue weighted by atomic mass is 9.73. The molecule has 0 bridgehead atoms. The summed E-state index contributed by atoms with van der Waals surface area (Å²) in [6, 6.07) is 34.5. The van der Waals surface area contributed by atoms with Crippen LogP contribution in [0.15, 0.2) is 103 Å². The molecule has 2 heterocycles. The van der Waals surface area contributed by atoms with Gasteiger partial charge in [0.2, 0.25) is 0 Å². The van der Waals surface area contributed by atoms with Crippen LogP contribution in [0.1, 0.15) is 25.0 Å². The van der Waals surface area contributed by atoms with Crippen LogP contribution in [0.4, 0.5) is 17.1 Å². The van der Waals surface area contributed by atoms with E-state index in [2.05, 4.69) is 119 Å². The molecule has 6 rings (SSSR count). The van der Waals surface area contributed by atoms with Gasteiger partial charge in [-0.05, 0) is 53.6 Å². The first-order valence-electron chi connectivity index (χ1n) is 10.7. The highest BCUT2D eigenvalue weighted by Gasteiger charge is 2.36. The van der Waals surface area contributed by atoms with E-state index in [-0.39, 0.29) is 5.41 Å². The lowest BCUT2D eigenvalue weighted by Gasteiger charge is -2.42. The van der Waals surface area contributed by atoms with Gasteiger partial charge in [-0.3, -0.25) is 4.57 Å². The molecule has 4 aromatic carbocycles. The number of imidazole rings is 1. The van der Waals surface area contributed by atoms with Gasteiger partial charge in [0.15, 0.2) is 0 Å². The van der Waals surface area contributed by atoms with Gasteiger partial charge >= 0.3 is 0 Å². The van der Waals surface area contributed by atoms with Crippen LogP contribution in [-0.4, -0.2) is 9.55 Å². The van der Waals surface area contributed by atoms with E-state index in [1.807, 2.05) is 12.4 Å². The van der Waals surface area contributed by atoms with Crippen molar-refractivity contribution < 1.29 is 0 Å². The Balaban J connectivity index is 1.57. The minimum Gasteiger partial charge on any atom is -0.310 e. The molecule has 0 saturated carbocycles. The predicted molar refractivity (Wildman–Crippen MR) is 128 cm³/mol. The van der Waals surface area contributed by atoms with Gasteiger partial charge < -0.3 is 4.90 Å². The molecule has 1 aromatic heterocycles. The van der Waals surface area contributed by atoms with Crippen LogP contribution < -0.4 is 4.90 Å². The summed E-state index contributed by atoms with van der Waals surface area (Å²) in [5.74, 6) is 0. The van der Waals surface area contributed by atoms with E-state index in [4.69, 9.17) is 0 Å². The quantitative estimate of drug-likeness (QED) is 0.314. The summed E-state index contributed by atoms with van der Waals surface area (Å²) in [6.07, 6.45) is 1.91. The first-order chi connectivity index (χ1) is 15.1. The maximum Gasteiger partial charge on any atom is 0.100 e. The number of rotatable bonds is 2. The molecular formula is C28H23N3. The molecule has 0 radical (unpaired) electrons. The monoisotopic (exact) mass is 401 g/mol. The van der Waals surface area contributed by atoms with Crippen molar-refractivity contribution >= 4 is 28.1 Å². The summed E-state index contributed by atoms with van der Waals surface area (Å²) in [7, 11) is 0. The molecule has 0 unspecified atom stereocenters. The Morgan fingerprint density at radius 3 is 2.00 bits per heavy atom. The molecule has 0 aliphatic carbocycles. The van der Waals surface area contributed by atoms with E-state index in [9.17, 15) is 0 Å². The number of hydrogen-bond acceptors (Lipinski definition) is 2. The van der Waals surface area contributed by atoms with E-state index in [0.717, 1.165) is 22.4 Å². The number of anilines is 3. The van der Waals surface area contributed by atoms with Crippen LogP contribution in [0.5, 0.6) is 0 Å². The molecule has 0 spiro atoms. The average molecular weight is 402 g/mol. The third-order valence-electron chi connectivity index (χ3n) is 6.46. The minimum absolute atomic E-state index is 0.0537. The van der Waals surface area contributed by atoms with Gasteiger partial charge in [-0.1, -0.05) is 68.4 Å². The van der Waals surface area contributed by atoms with Crippen LogP contribution in [0.3, 0.4) is 0 Å². The van der Waals surface area contributed by atoms with Crippen LogP contribution >= 0.6 is 0 Å². The second kappa shape index (κ2) is 6.58. The lowest BCUT2D eigenvalue weighted by Crippen LogP contribution is -2.30. The highest BCUT2D eigenvalue weighted by molar-refractivity contribution is 5.86. The topological polar surface area (TPSA) is 21.1 Å². The molecule has 31 heavy (non-hydrogen) atoms. The third-order valence-corrected chi connectivity index (χ3v) is 6.46. The normalized spacial score (nSPS) is 14.3. The number of fused-ring (bicyclic) bond motifs is 3. The van der Waals surface area contributed by atoms with E-state index >= 15 is 0 Å². The zero-order valence-electron chi connectivity index (χ0n) is 17.7. The summed E-state index contributed by atoms with van der Waals surface area (Å²) in [5.41, 5.74) is 9.46. The fourth-order valence-electron chi connectivity index (χ4n) is 4.89. The van der Waals surface area contributed by atoms with Gasteiger partial charge in [0.1, 0.15) is 6.33 Å². The Morgan fingerprint density at radius 1 is 0.645 bits per heavy atom. The van der Waals surface area contributed by atoms with E-state index in [0.29, 0.717) is 0 Å². The van der Waals surface area contributed by atoms with Crippen LogP contribution in [0.25, 0.3) is 16.7 Å². The third kappa shape index (κ3) is 2.63. The van der Waals surface area contributed by atoms with Crippen molar-refractivity contribution in [1.29, 1.82) is 0 Å². The Bertz CT molecular complexity index is 1380. The smallest absolute Gasteiger partial charge is 0.100 e. The SMILES string of the molecule is CC1(C)c2ccccc2N(c2cccc(-n3cnc4ccccc43)c2)c2ccccc21. The standard InChI is InChI=1S/C28H23N3/c1-28(2)22-12-3-6-15-25(22)31(26-16-7-4-13-23(26)28)21-11-9-10-20(18-21)30-19-29-24-14-5-8-17-27(24)30/h3-19H,1-2H3. The van der Waals surface area contributed by atoms with Gasteiger partial charge in [0.05, 0.1) is 22.4 Å². The molecule has 3 heteroatoms. The fourth-order valence-corrected chi connectivity index (χ4v) is 4.89. The number of nitrogens with zero attached hydrogens (tertiary/aromatic N) is 3. The van der Waals surface area contributed by atoms with Crippen molar-refractivity contribution in [3.8, 4) is 5.69 Å². The molecule has 3 nitrogen and oxygen atoms in total. The van der Waals surface area contributed by atoms with Crippen molar-refractivity contribution in [1.82, 2.24) is 9.55 Å². The highest BCUT2D eigenvalue weighted by atomic mass is 15.2. The van der Waals surface area contributed by atoms with Crippen molar-refractivity contribution in [2.45, 2.75) is 19.3 Å². The van der Waals surface area contributed by atoms with E-state index < -0.39 is 0 Å². The van der Waals surface area contributed by atoms with Crippen molar-refractivity contribution in [2.75, 3.05) is 4.90 Å². The van der Waals surface area contributed by atoms with Gasteiger partial charge in [0, 0.05) is 16.8 Å². The van der Waals surface area contributed by atoms with Crippen LogP contribution in [0.2, 0.25) is 0 Å². The summed E-state index contributed by atoms with van der Waals surface area (Å²) in [5, 5.41) is 0. The van der Waals surface area contributed by atoms with Gasteiger partial charge in [-0.2, -0.15) is 0 Å². The highest BCUT2D eigenvalue weighted by Crippen LogP contribution is 2.51. The van der Waals surface area contributed by atoms with Crippen LogP contribution in [0, 0.1) is 0 Å². The number of benzene rings is 4. The predicted octanol–water partition coefficient (Wildman–Crippen LogP) is 7.13. The molecule has 5 aromatic rings. The van der Waals surface area contributed by atoms with Crippen LogP contribution in [-0.2, 0) is 5.41 Å². The second-order valence-electron chi connectivity index (χ2n) is 8.62. The van der Waals surface area contributed by atoms with E-state index in [1.165, 1.54) is 22.5 Å². The molecule has 0 fully saturated rings. The maximum atomic E-state index is 4.58. The molecule has 150 valence electrons. The van der Waals surface area contributed by atoms with E-state index in [1.54, 1.807) is 0 Å². The summed E-state index contributed by atoms with van der Waals surface area (Å²) >= 11 is 0. The molecule has 0 saturated heterocycles. The molecule has 1 aliphatic heterocycles. The largest absolute Gasteiger partial charge is 0.310 e. The molecule has 0 amide bonds. The molecule has 1 aliphatic rings. The number of aromatic nitrogens is 2. The first-order valence-corrected chi connectivity index (χ1v) is 10.7. The first kappa shape index (κ1) is 18.0. The van der Waals surface area contributed by atoms with Gasteiger partial charge in [-0.25, -0.2) is 4.98 Å². The Kier molecular flexibility index (Phi) is 3.81. The minimum atomic E-state index is -0.0537.